The van der Waals surface area contributed by atoms with Gasteiger partial charge in [-0.25, -0.2) is 14.0 Å². The van der Waals surface area contributed by atoms with Gasteiger partial charge in [-0.2, -0.15) is 0 Å². The quantitative estimate of drug-likeness (QED) is 0.768. The summed E-state index contributed by atoms with van der Waals surface area (Å²) < 4.78 is 19.2. The van der Waals surface area contributed by atoms with Crippen LogP contribution in [0.15, 0.2) is 18.2 Å². The van der Waals surface area contributed by atoms with Crippen molar-refractivity contribution in [3.05, 3.63) is 29.6 Å². The average molecular weight is 368 g/mol. The van der Waals surface area contributed by atoms with Crippen LogP contribution < -0.4 is 5.32 Å². The topological polar surface area (TPSA) is 95.9 Å². The molecule has 0 aromatic heterocycles. The zero-order chi connectivity index (χ0) is 19.9. The van der Waals surface area contributed by atoms with Crippen molar-refractivity contribution in [3.63, 3.8) is 0 Å². The highest BCUT2D eigenvalue weighted by molar-refractivity contribution is 5.95. The number of benzene rings is 1. The maximum Gasteiger partial charge on any atom is 0.410 e. The summed E-state index contributed by atoms with van der Waals surface area (Å²) in [4.78, 5) is 36.5. The first kappa shape index (κ1) is 21.4. The molecule has 7 nitrogen and oxygen atoms in total. The Kier molecular flexibility index (Phi) is 7.55. The molecule has 26 heavy (non-hydrogen) atoms. The van der Waals surface area contributed by atoms with Gasteiger partial charge in [0.1, 0.15) is 18.0 Å². The van der Waals surface area contributed by atoms with Crippen LogP contribution in [0, 0.1) is 5.82 Å². The minimum atomic E-state index is -1.27. The molecule has 0 radical (unpaired) electrons. The van der Waals surface area contributed by atoms with Crippen LogP contribution in [-0.2, 0) is 9.53 Å². The molecule has 1 aromatic carbocycles. The molecule has 0 saturated carbocycles. The number of anilines is 1. The van der Waals surface area contributed by atoms with Gasteiger partial charge in [0.05, 0.1) is 11.3 Å². The second kappa shape index (κ2) is 9.17. The first-order valence-electron chi connectivity index (χ1n) is 8.34. The number of halogens is 1. The van der Waals surface area contributed by atoms with Crippen LogP contribution in [0.3, 0.4) is 0 Å². The third-order valence-corrected chi connectivity index (χ3v) is 3.26. The molecule has 144 valence electrons. The molecule has 0 saturated heterocycles. The average Bonchev–Trinajstić information content (AvgIpc) is 2.51. The summed E-state index contributed by atoms with van der Waals surface area (Å²) in [6.45, 7) is 7.16. The predicted molar refractivity (Wildman–Crippen MR) is 94.7 cm³/mol. The lowest BCUT2D eigenvalue weighted by Gasteiger charge is -2.27. The molecule has 8 heteroatoms. The summed E-state index contributed by atoms with van der Waals surface area (Å²) in [6, 6.07) is 3.17. The second-order valence-corrected chi connectivity index (χ2v) is 6.80. The van der Waals surface area contributed by atoms with Gasteiger partial charge in [-0.15, -0.1) is 0 Å². The number of carboxylic acids is 1. The van der Waals surface area contributed by atoms with E-state index in [1.807, 2.05) is 6.92 Å². The zero-order valence-electron chi connectivity index (χ0n) is 15.5. The summed E-state index contributed by atoms with van der Waals surface area (Å²) in [6.07, 6.45) is 0.892. The van der Waals surface area contributed by atoms with Crippen molar-refractivity contribution in [2.75, 3.05) is 18.4 Å². The smallest absolute Gasteiger partial charge is 0.410 e. The lowest BCUT2D eigenvalue weighted by Crippen LogP contribution is -2.41. The van der Waals surface area contributed by atoms with Gasteiger partial charge in [-0.05, 0) is 45.4 Å². The number of rotatable bonds is 7. The van der Waals surface area contributed by atoms with E-state index in [4.69, 9.17) is 9.84 Å². The number of carboxylic acid groups (broad SMARTS) is 1. The lowest BCUT2D eigenvalue weighted by atomic mass is 10.2. The van der Waals surface area contributed by atoms with Gasteiger partial charge in [-0.1, -0.05) is 13.3 Å². The van der Waals surface area contributed by atoms with Gasteiger partial charge in [0, 0.05) is 6.54 Å². The Morgan fingerprint density at radius 3 is 2.42 bits per heavy atom. The molecule has 0 heterocycles. The normalized spacial score (nSPS) is 11.0. The minimum Gasteiger partial charge on any atom is -0.478 e. The van der Waals surface area contributed by atoms with Gasteiger partial charge < -0.3 is 15.2 Å². The maximum atomic E-state index is 13.9. The number of hydrogen-bond donors (Lipinski definition) is 2. The number of carbonyl (C=O) groups is 3. The molecule has 0 aliphatic heterocycles. The van der Waals surface area contributed by atoms with E-state index in [0.29, 0.717) is 13.0 Å². The summed E-state index contributed by atoms with van der Waals surface area (Å²) >= 11 is 0. The van der Waals surface area contributed by atoms with Crippen LogP contribution in [0.25, 0.3) is 0 Å². The lowest BCUT2D eigenvalue weighted by molar-refractivity contribution is -0.117. The van der Waals surface area contributed by atoms with E-state index in [1.54, 1.807) is 20.8 Å². The molecule has 1 rings (SSSR count). The van der Waals surface area contributed by atoms with E-state index in [-0.39, 0.29) is 17.8 Å². The molecule has 1 aromatic rings. The van der Waals surface area contributed by atoms with Crippen LogP contribution in [0.4, 0.5) is 14.9 Å². The molecule has 0 unspecified atom stereocenters. The number of ether oxygens (including phenoxy) is 1. The fourth-order valence-electron chi connectivity index (χ4n) is 2.02. The summed E-state index contributed by atoms with van der Waals surface area (Å²) in [7, 11) is 0. The molecule has 0 spiro atoms. The highest BCUT2D eigenvalue weighted by Crippen LogP contribution is 2.16. The summed E-state index contributed by atoms with van der Waals surface area (Å²) in [5, 5.41) is 11.2. The fourth-order valence-corrected chi connectivity index (χ4v) is 2.02. The van der Waals surface area contributed by atoms with E-state index in [2.05, 4.69) is 5.32 Å². The van der Waals surface area contributed by atoms with Gasteiger partial charge in [0.2, 0.25) is 5.91 Å². The standard InChI is InChI=1S/C18H25FN2O5/c1-5-6-9-21(17(25)26-18(2,3)4)11-15(22)20-14-8-7-12(16(23)24)10-13(14)19/h7-8,10H,5-6,9,11H2,1-4H3,(H,20,22)(H,23,24). The molecular weight excluding hydrogens is 343 g/mol. The van der Waals surface area contributed by atoms with Crippen LogP contribution in [0.5, 0.6) is 0 Å². The SMILES string of the molecule is CCCCN(CC(=O)Nc1ccc(C(=O)O)cc1F)C(=O)OC(C)(C)C. The first-order chi connectivity index (χ1) is 12.0. The zero-order valence-corrected chi connectivity index (χ0v) is 15.5. The van der Waals surface area contributed by atoms with Crippen LogP contribution >= 0.6 is 0 Å². The molecule has 0 aliphatic carbocycles. The Morgan fingerprint density at radius 2 is 1.92 bits per heavy atom. The molecule has 2 amide bonds. The van der Waals surface area contributed by atoms with Crippen molar-refractivity contribution in [2.24, 2.45) is 0 Å². The van der Waals surface area contributed by atoms with Crippen LogP contribution in [0.2, 0.25) is 0 Å². The second-order valence-electron chi connectivity index (χ2n) is 6.80. The van der Waals surface area contributed by atoms with Crippen molar-refractivity contribution in [1.82, 2.24) is 4.90 Å². The highest BCUT2D eigenvalue weighted by Gasteiger charge is 2.24. The van der Waals surface area contributed by atoms with Gasteiger partial charge in [-0.3, -0.25) is 9.69 Å². The number of hydrogen-bond acceptors (Lipinski definition) is 4. The van der Waals surface area contributed by atoms with Gasteiger partial charge >= 0.3 is 12.1 Å². The highest BCUT2D eigenvalue weighted by atomic mass is 19.1. The Bertz CT molecular complexity index is 670. The van der Waals surface area contributed by atoms with E-state index in [9.17, 15) is 18.8 Å². The third-order valence-electron chi connectivity index (χ3n) is 3.26. The Hall–Kier alpha value is -2.64. The molecule has 2 N–H and O–H groups in total. The molecule has 0 bridgehead atoms. The van der Waals surface area contributed by atoms with Crippen LogP contribution in [-0.4, -0.2) is 46.7 Å². The van der Waals surface area contributed by atoms with Crippen molar-refractivity contribution < 1.29 is 28.6 Å². The van der Waals surface area contributed by atoms with Crippen molar-refractivity contribution >= 4 is 23.7 Å². The number of amides is 2. The summed E-state index contributed by atoms with van der Waals surface area (Å²) in [5.41, 5.74) is -1.07. The Morgan fingerprint density at radius 1 is 1.27 bits per heavy atom. The molecule has 0 aliphatic rings. The number of nitrogens with zero attached hydrogens (tertiary/aromatic N) is 1. The van der Waals surface area contributed by atoms with E-state index < -0.39 is 29.4 Å². The maximum absolute atomic E-state index is 13.9. The van der Waals surface area contributed by atoms with Crippen molar-refractivity contribution in [3.8, 4) is 0 Å². The van der Waals surface area contributed by atoms with E-state index in [1.165, 1.54) is 17.0 Å². The first-order valence-corrected chi connectivity index (χ1v) is 8.34. The van der Waals surface area contributed by atoms with Crippen molar-refractivity contribution in [1.29, 1.82) is 0 Å². The molecular formula is C18H25FN2O5. The molecule has 0 atom stereocenters. The minimum absolute atomic E-state index is 0.153. The Labute approximate surface area is 152 Å². The number of aromatic carboxylic acids is 1. The van der Waals surface area contributed by atoms with Crippen LogP contribution in [0.1, 0.15) is 50.9 Å². The van der Waals surface area contributed by atoms with Crippen molar-refractivity contribution in [2.45, 2.75) is 46.1 Å². The summed E-state index contributed by atoms with van der Waals surface area (Å²) in [5.74, 6) is -2.73. The van der Waals surface area contributed by atoms with Gasteiger partial charge in [0.25, 0.3) is 0 Å². The monoisotopic (exact) mass is 368 g/mol. The van der Waals surface area contributed by atoms with Gasteiger partial charge in [0.15, 0.2) is 0 Å². The number of unbranched alkanes of at least 4 members (excludes halogenated alkanes) is 1. The van der Waals surface area contributed by atoms with E-state index >= 15 is 0 Å². The predicted octanol–water partition coefficient (Wildman–Crippen LogP) is 3.50. The fraction of sp³-hybridized carbons (Fsp3) is 0.500. The Balaban J connectivity index is 2.80. The third kappa shape index (κ3) is 7.08. The largest absolute Gasteiger partial charge is 0.478 e. The number of carbonyl (C=O) groups excluding carboxylic acids is 2. The number of nitrogens with one attached hydrogen (secondary N) is 1. The van der Waals surface area contributed by atoms with E-state index in [0.717, 1.165) is 12.5 Å². The molecule has 0 fully saturated rings.